The molecule has 0 bridgehead atoms. The molecule has 0 spiro atoms. The van der Waals surface area contributed by atoms with Gasteiger partial charge in [-0.15, -0.1) is 0 Å². The maximum atomic E-state index is 10.3. The number of ether oxygens (including phenoxy) is 5. The molecule has 3 fully saturated rings. The van der Waals surface area contributed by atoms with E-state index < -0.39 is 112 Å². The second kappa shape index (κ2) is 11.2. The fourth-order valence-electron chi connectivity index (χ4n) is 4.01. The molecular weight excluding hydrogens is 472 g/mol. The summed E-state index contributed by atoms with van der Waals surface area (Å²) < 4.78 is 26.4. The minimum atomic E-state index is -2.36. The predicted molar refractivity (Wildman–Crippen MR) is 101 cm³/mol. The van der Waals surface area contributed by atoms with Gasteiger partial charge in [-0.2, -0.15) is 0 Å². The SMILES string of the molecule is OC[C@H]1O[C@@](CO)(O[C@H]2O[C@H](CO[C@H]3O[C@H](CO)[C@@H](O)[C@H](O)[C@@H]3O)[C@@H](O)[C@H](O)[C@H]2O)[C@@H](O)[C@@H]1O. The number of hydrogen-bond acceptors (Lipinski definition) is 16. The fraction of sp³-hybridized carbons (Fsp3) is 1.00. The van der Waals surface area contributed by atoms with Crippen LogP contribution in [0.25, 0.3) is 0 Å². The van der Waals surface area contributed by atoms with E-state index in [-0.39, 0.29) is 0 Å². The van der Waals surface area contributed by atoms with Crippen molar-refractivity contribution in [2.45, 2.75) is 85.5 Å². The fourth-order valence-corrected chi connectivity index (χ4v) is 4.01. The summed E-state index contributed by atoms with van der Waals surface area (Å²) >= 11 is 0. The van der Waals surface area contributed by atoms with Crippen molar-refractivity contribution in [3.05, 3.63) is 0 Å². The van der Waals surface area contributed by atoms with Gasteiger partial charge in [0.25, 0.3) is 0 Å². The molecule has 0 aromatic carbocycles. The first-order valence-electron chi connectivity index (χ1n) is 10.6. The number of rotatable bonds is 8. The third-order valence-corrected chi connectivity index (χ3v) is 6.16. The minimum Gasteiger partial charge on any atom is -0.394 e. The van der Waals surface area contributed by atoms with Gasteiger partial charge in [-0.25, -0.2) is 0 Å². The molecule has 0 aromatic rings. The van der Waals surface area contributed by atoms with Crippen molar-refractivity contribution in [2.24, 2.45) is 0 Å². The van der Waals surface area contributed by atoms with E-state index in [2.05, 4.69) is 0 Å². The van der Waals surface area contributed by atoms with Gasteiger partial charge in [0.2, 0.25) is 5.79 Å². The number of aliphatic hydroxyl groups is 11. The summed E-state index contributed by atoms with van der Waals surface area (Å²) in [6, 6.07) is 0. The molecule has 0 saturated carbocycles. The highest BCUT2D eigenvalue weighted by Gasteiger charge is 2.58. The number of hydrogen-bond donors (Lipinski definition) is 11. The smallest absolute Gasteiger partial charge is 0.224 e. The van der Waals surface area contributed by atoms with Crippen LogP contribution < -0.4 is 0 Å². The van der Waals surface area contributed by atoms with E-state index in [1.165, 1.54) is 0 Å². The van der Waals surface area contributed by atoms with Crippen LogP contribution in [0.15, 0.2) is 0 Å². The second-order valence-corrected chi connectivity index (χ2v) is 8.41. The minimum absolute atomic E-state index is 0.634. The van der Waals surface area contributed by atoms with E-state index in [9.17, 15) is 56.2 Å². The molecule has 0 unspecified atom stereocenters. The lowest BCUT2D eigenvalue weighted by Crippen LogP contribution is -2.63. The second-order valence-electron chi connectivity index (χ2n) is 8.41. The van der Waals surface area contributed by atoms with E-state index in [1.807, 2.05) is 0 Å². The number of aliphatic hydroxyl groups excluding tert-OH is 11. The molecule has 0 amide bonds. The Morgan fingerprint density at radius 2 is 1.12 bits per heavy atom. The average Bonchev–Trinajstić information content (AvgIpc) is 3.08. The summed E-state index contributed by atoms with van der Waals surface area (Å²) in [5.74, 6) is -2.36. The van der Waals surface area contributed by atoms with Gasteiger partial charge in [0, 0.05) is 0 Å². The molecule has 11 N–H and O–H groups in total. The van der Waals surface area contributed by atoms with E-state index in [0.717, 1.165) is 0 Å². The highest BCUT2D eigenvalue weighted by molar-refractivity contribution is 4.98. The summed E-state index contributed by atoms with van der Waals surface area (Å²) in [5, 5.41) is 109. The van der Waals surface area contributed by atoms with Crippen molar-refractivity contribution in [3.63, 3.8) is 0 Å². The monoisotopic (exact) mass is 504 g/mol. The van der Waals surface area contributed by atoms with Crippen molar-refractivity contribution in [2.75, 3.05) is 26.4 Å². The Morgan fingerprint density at radius 3 is 1.65 bits per heavy atom. The lowest BCUT2D eigenvalue weighted by molar-refractivity contribution is -0.388. The molecule has 14 atom stereocenters. The van der Waals surface area contributed by atoms with Crippen LogP contribution >= 0.6 is 0 Å². The maximum Gasteiger partial charge on any atom is 0.224 e. The van der Waals surface area contributed by atoms with Gasteiger partial charge in [0.1, 0.15) is 73.8 Å². The standard InChI is InChI=1S/C18H32O16/c19-1-5-8(22)11(25)13(27)16(31-5)30-3-7-9(23)12(26)14(28)17(32-7)34-18(4-21)15(29)10(24)6(2-20)33-18/h5-17,19-29H,1-4H2/t5-,6-,7-,8-,9-,10-,11+,12+,13+,14-,15+,16+,17-,18+/m1/s1. The molecule has 16 nitrogen and oxygen atoms in total. The summed E-state index contributed by atoms with van der Waals surface area (Å²) in [5.41, 5.74) is 0. The summed E-state index contributed by atoms with van der Waals surface area (Å²) in [6.07, 6.45) is -21.8. The summed E-state index contributed by atoms with van der Waals surface area (Å²) in [7, 11) is 0. The van der Waals surface area contributed by atoms with Crippen LogP contribution in [0, 0.1) is 0 Å². The van der Waals surface area contributed by atoms with Gasteiger partial charge in [0.05, 0.1) is 19.8 Å². The van der Waals surface area contributed by atoms with Gasteiger partial charge in [-0.3, -0.25) is 0 Å². The van der Waals surface area contributed by atoms with Crippen LogP contribution in [-0.4, -0.2) is 168 Å². The first-order valence-corrected chi connectivity index (χ1v) is 10.6. The molecule has 0 aromatic heterocycles. The van der Waals surface area contributed by atoms with Gasteiger partial charge < -0.3 is 79.9 Å². The van der Waals surface area contributed by atoms with Gasteiger partial charge in [0.15, 0.2) is 12.6 Å². The zero-order valence-corrected chi connectivity index (χ0v) is 17.8. The van der Waals surface area contributed by atoms with Gasteiger partial charge in [-0.05, 0) is 0 Å². The zero-order valence-electron chi connectivity index (χ0n) is 17.8. The third-order valence-electron chi connectivity index (χ3n) is 6.16. The maximum absolute atomic E-state index is 10.3. The van der Waals surface area contributed by atoms with Crippen LogP contribution in [0.2, 0.25) is 0 Å². The first kappa shape index (κ1) is 27.9. The quantitative estimate of drug-likeness (QED) is 0.146. The Labute approximate surface area is 192 Å². The Bertz CT molecular complexity index is 653. The topological polar surface area (TPSA) is 269 Å². The molecule has 200 valence electrons. The van der Waals surface area contributed by atoms with Crippen molar-refractivity contribution >= 4 is 0 Å². The molecule has 3 aliphatic heterocycles. The van der Waals surface area contributed by atoms with Crippen molar-refractivity contribution in [3.8, 4) is 0 Å². The van der Waals surface area contributed by atoms with Crippen LogP contribution in [0.1, 0.15) is 0 Å². The van der Waals surface area contributed by atoms with Crippen LogP contribution in [-0.2, 0) is 23.7 Å². The largest absolute Gasteiger partial charge is 0.394 e. The molecule has 3 heterocycles. The Balaban J connectivity index is 1.69. The molecule has 3 saturated heterocycles. The van der Waals surface area contributed by atoms with Crippen LogP contribution in [0.3, 0.4) is 0 Å². The van der Waals surface area contributed by atoms with E-state index >= 15 is 0 Å². The van der Waals surface area contributed by atoms with Crippen molar-refractivity contribution < 1.29 is 79.9 Å². The molecule has 3 aliphatic rings. The molecule has 0 aliphatic carbocycles. The molecule has 16 heteroatoms. The highest BCUT2D eigenvalue weighted by Crippen LogP contribution is 2.36. The Morgan fingerprint density at radius 1 is 0.588 bits per heavy atom. The van der Waals surface area contributed by atoms with E-state index in [0.29, 0.717) is 0 Å². The highest BCUT2D eigenvalue weighted by atomic mass is 16.8. The third kappa shape index (κ3) is 5.09. The van der Waals surface area contributed by atoms with Crippen LogP contribution in [0.4, 0.5) is 0 Å². The van der Waals surface area contributed by atoms with E-state index in [1.54, 1.807) is 0 Å². The molecule has 3 rings (SSSR count). The van der Waals surface area contributed by atoms with E-state index in [4.69, 9.17) is 23.7 Å². The van der Waals surface area contributed by atoms with Crippen molar-refractivity contribution in [1.82, 2.24) is 0 Å². The summed E-state index contributed by atoms with van der Waals surface area (Å²) in [6.45, 7) is -3.14. The van der Waals surface area contributed by atoms with Gasteiger partial charge >= 0.3 is 0 Å². The lowest BCUT2D eigenvalue weighted by Gasteiger charge is -2.44. The zero-order chi connectivity index (χ0) is 25.4. The Hall–Kier alpha value is -0.640. The Kier molecular flexibility index (Phi) is 9.18. The molecular formula is C18H32O16. The average molecular weight is 504 g/mol. The predicted octanol–water partition coefficient (Wildman–Crippen LogP) is -7.57. The lowest BCUT2D eigenvalue weighted by atomic mass is 9.98. The van der Waals surface area contributed by atoms with Gasteiger partial charge in [-0.1, -0.05) is 0 Å². The molecule has 34 heavy (non-hydrogen) atoms. The summed E-state index contributed by atoms with van der Waals surface area (Å²) in [4.78, 5) is 0. The van der Waals surface area contributed by atoms with Crippen LogP contribution in [0.5, 0.6) is 0 Å². The molecule has 0 radical (unpaired) electrons. The van der Waals surface area contributed by atoms with Crippen molar-refractivity contribution in [1.29, 1.82) is 0 Å². The first-order chi connectivity index (χ1) is 16.0. The normalized spacial score (nSPS) is 52.1.